The van der Waals surface area contributed by atoms with E-state index in [9.17, 15) is 14.0 Å². The first-order valence-corrected chi connectivity index (χ1v) is 8.18. The van der Waals surface area contributed by atoms with Crippen molar-refractivity contribution in [2.24, 2.45) is 11.8 Å². The molecule has 1 heterocycles. The van der Waals surface area contributed by atoms with E-state index in [1.807, 2.05) is 17.9 Å². The molecule has 4 nitrogen and oxygen atoms in total. The number of aliphatic carboxylic acids is 1. The number of nitrogens with zero attached hydrogens (tertiary/aromatic N) is 1. The quantitative estimate of drug-likeness (QED) is 0.876. The fraction of sp³-hybridized carbons (Fsp3) is 0.556. The number of hydrogen-bond acceptors (Lipinski definition) is 2. The van der Waals surface area contributed by atoms with Gasteiger partial charge in [-0.1, -0.05) is 19.1 Å². The van der Waals surface area contributed by atoms with E-state index in [1.54, 1.807) is 6.07 Å². The molecule has 23 heavy (non-hydrogen) atoms. The molecule has 0 spiro atoms. The maximum Gasteiger partial charge on any atom is 0.303 e. The Hall–Kier alpha value is -1.91. The first-order chi connectivity index (χ1) is 10.9. The van der Waals surface area contributed by atoms with Gasteiger partial charge in [0.2, 0.25) is 5.91 Å². The van der Waals surface area contributed by atoms with Gasteiger partial charge in [0.25, 0.3) is 0 Å². The SMILES string of the molecule is CC(CC(=O)N1CCC(CC(=O)O)CC1)Cc1cccc(F)c1. The van der Waals surface area contributed by atoms with Gasteiger partial charge < -0.3 is 10.0 Å². The van der Waals surface area contributed by atoms with Crippen LogP contribution in [0.2, 0.25) is 0 Å². The fourth-order valence-electron chi connectivity index (χ4n) is 3.20. The molecule has 1 aromatic rings. The smallest absolute Gasteiger partial charge is 0.303 e. The zero-order valence-corrected chi connectivity index (χ0v) is 13.5. The fourth-order valence-corrected chi connectivity index (χ4v) is 3.20. The second kappa shape index (κ2) is 8.09. The first kappa shape index (κ1) is 17.4. The third-order valence-corrected chi connectivity index (χ3v) is 4.43. The lowest BCUT2D eigenvalue weighted by atomic mass is 9.92. The van der Waals surface area contributed by atoms with Crippen molar-refractivity contribution in [2.45, 2.75) is 39.0 Å². The van der Waals surface area contributed by atoms with Crippen molar-refractivity contribution in [3.05, 3.63) is 35.6 Å². The molecule has 1 N–H and O–H groups in total. The molecule has 0 aliphatic carbocycles. The van der Waals surface area contributed by atoms with Crippen LogP contribution in [0.1, 0.15) is 38.2 Å². The van der Waals surface area contributed by atoms with Crippen LogP contribution in [0.15, 0.2) is 24.3 Å². The normalized spacial score (nSPS) is 17.0. The van der Waals surface area contributed by atoms with Crippen LogP contribution in [-0.2, 0) is 16.0 Å². The predicted molar refractivity (Wildman–Crippen MR) is 85.4 cm³/mol. The van der Waals surface area contributed by atoms with Gasteiger partial charge in [-0.2, -0.15) is 0 Å². The van der Waals surface area contributed by atoms with E-state index in [0.29, 0.717) is 25.9 Å². The third-order valence-electron chi connectivity index (χ3n) is 4.43. The highest BCUT2D eigenvalue weighted by Crippen LogP contribution is 2.22. The Morgan fingerprint density at radius 2 is 2.04 bits per heavy atom. The maximum atomic E-state index is 13.2. The monoisotopic (exact) mass is 321 g/mol. The van der Waals surface area contributed by atoms with Gasteiger partial charge in [0.05, 0.1) is 0 Å². The predicted octanol–water partition coefficient (Wildman–Crippen LogP) is 3.11. The molecular weight excluding hydrogens is 297 g/mol. The summed E-state index contributed by atoms with van der Waals surface area (Å²) in [4.78, 5) is 24.9. The number of piperidine rings is 1. The first-order valence-electron chi connectivity index (χ1n) is 8.18. The highest BCUT2D eigenvalue weighted by atomic mass is 19.1. The van der Waals surface area contributed by atoms with Gasteiger partial charge in [0, 0.05) is 25.9 Å². The average Bonchev–Trinajstić information content (AvgIpc) is 2.47. The lowest BCUT2D eigenvalue weighted by Gasteiger charge is -2.32. The van der Waals surface area contributed by atoms with Gasteiger partial charge >= 0.3 is 5.97 Å². The van der Waals surface area contributed by atoms with Crippen molar-refractivity contribution in [3.8, 4) is 0 Å². The summed E-state index contributed by atoms with van der Waals surface area (Å²) in [6, 6.07) is 6.49. The number of carbonyl (C=O) groups is 2. The number of carboxylic acids is 1. The molecule has 1 aliphatic heterocycles. The molecule has 0 aromatic heterocycles. The number of halogens is 1. The van der Waals surface area contributed by atoms with Crippen LogP contribution in [0.5, 0.6) is 0 Å². The van der Waals surface area contributed by atoms with Gasteiger partial charge in [-0.05, 0) is 48.8 Å². The highest BCUT2D eigenvalue weighted by Gasteiger charge is 2.25. The van der Waals surface area contributed by atoms with Crippen molar-refractivity contribution in [1.82, 2.24) is 4.90 Å². The summed E-state index contributed by atoms with van der Waals surface area (Å²) in [5, 5.41) is 8.81. The van der Waals surface area contributed by atoms with Crippen LogP contribution in [0.25, 0.3) is 0 Å². The van der Waals surface area contributed by atoms with Crippen LogP contribution < -0.4 is 0 Å². The molecule has 0 bridgehead atoms. The summed E-state index contributed by atoms with van der Waals surface area (Å²) >= 11 is 0. The van der Waals surface area contributed by atoms with Crippen molar-refractivity contribution in [1.29, 1.82) is 0 Å². The minimum Gasteiger partial charge on any atom is -0.481 e. The molecule has 1 saturated heterocycles. The molecule has 1 fully saturated rings. The zero-order valence-electron chi connectivity index (χ0n) is 13.5. The minimum absolute atomic E-state index is 0.114. The highest BCUT2D eigenvalue weighted by molar-refractivity contribution is 5.76. The molecule has 0 saturated carbocycles. The lowest BCUT2D eigenvalue weighted by Crippen LogP contribution is -2.39. The maximum absolute atomic E-state index is 13.2. The standard InChI is InChI=1S/C18H24FNO3/c1-13(9-15-3-2-4-16(19)11-15)10-17(21)20-7-5-14(6-8-20)12-18(22)23/h2-4,11,13-14H,5-10,12H2,1H3,(H,22,23). The molecule has 1 atom stereocenters. The summed E-state index contributed by atoms with van der Waals surface area (Å²) in [7, 11) is 0. The topological polar surface area (TPSA) is 57.6 Å². The van der Waals surface area contributed by atoms with E-state index in [1.165, 1.54) is 12.1 Å². The molecule has 126 valence electrons. The number of likely N-dealkylation sites (tertiary alicyclic amines) is 1. The van der Waals surface area contributed by atoms with Crippen molar-refractivity contribution < 1.29 is 19.1 Å². The van der Waals surface area contributed by atoms with Crippen molar-refractivity contribution >= 4 is 11.9 Å². The molecule has 2 rings (SSSR count). The Balaban J connectivity index is 1.77. The van der Waals surface area contributed by atoms with E-state index in [0.717, 1.165) is 18.4 Å². The Morgan fingerprint density at radius 3 is 2.65 bits per heavy atom. The molecular formula is C18H24FNO3. The summed E-state index contributed by atoms with van der Waals surface area (Å²) in [5.41, 5.74) is 0.908. The number of carbonyl (C=O) groups excluding carboxylic acids is 1. The van der Waals surface area contributed by atoms with E-state index >= 15 is 0 Å². The second-order valence-corrected chi connectivity index (χ2v) is 6.57. The van der Waals surface area contributed by atoms with Crippen LogP contribution in [0.4, 0.5) is 4.39 Å². The van der Waals surface area contributed by atoms with Crippen LogP contribution >= 0.6 is 0 Å². The Labute approximate surface area is 136 Å². The summed E-state index contributed by atoms with van der Waals surface area (Å²) < 4.78 is 13.2. The molecule has 1 unspecified atom stereocenters. The molecule has 1 amide bonds. The van der Waals surface area contributed by atoms with Gasteiger partial charge in [-0.15, -0.1) is 0 Å². The van der Waals surface area contributed by atoms with Gasteiger partial charge in [-0.3, -0.25) is 9.59 Å². The number of rotatable bonds is 6. The zero-order chi connectivity index (χ0) is 16.8. The van der Waals surface area contributed by atoms with Crippen molar-refractivity contribution in [2.75, 3.05) is 13.1 Å². The van der Waals surface area contributed by atoms with Crippen LogP contribution in [0.3, 0.4) is 0 Å². The minimum atomic E-state index is -0.765. The number of benzene rings is 1. The molecule has 5 heteroatoms. The number of hydrogen-bond donors (Lipinski definition) is 1. The average molecular weight is 321 g/mol. The van der Waals surface area contributed by atoms with Crippen LogP contribution in [-0.4, -0.2) is 35.0 Å². The molecule has 0 radical (unpaired) electrons. The van der Waals surface area contributed by atoms with Gasteiger partial charge in [0.1, 0.15) is 5.82 Å². The van der Waals surface area contributed by atoms with Crippen molar-refractivity contribution in [3.63, 3.8) is 0 Å². The Morgan fingerprint density at radius 1 is 1.35 bits per heavy atom. The Kier molecular flexibility index (Phi) is 6.13. The largest absolute Gasteiger partial charge is 0.481 e. The number of carboxylic acid groups (broad SMARTS) is 1. The van der Waals surface area contributed by atoms with Crippen LogP contribution in [0, 0.1) is 17.7 Å². The summed E-state index contributed by atoms with van der Waals surface area (Å²) in [6.45, 7) is 3.28. The number of amides is 1. The Bertz CT molecular complexity index is 553. The van der Waals surface area contributed by atoms with E-state index in [2.05, 4.69) is 0 Å². The summed E-state index contributed by atoms with van der Waals surface area (Å²) in [5.74, 6) is -0.565. The second-order valence-electron chi connectivity index (χ2n) is 6.57. The van der Waals surface area contributed by atoms with Gasteiger partial charge in [0.15, 0.2) is 0 Å². The lowest BCUT2D eigenvalue weighted by molar-refractivity contribution is -0.138. The third kappa shape index (κ3) is 5.66. The van der Waals surface area contributed by atoms with E-state index < -0.39 is 5.97 Å². The van der Waals surface area contributed by atoms with E-state index in [4.69, 9.17) is 5.11 Å². The summed E-state index contributed by atoms with van der Waals surface area (Å²) in [6.07, 6.45) is 2.84. The van der Waals surface area contributed by atoms with Gasteiger partial charge in [-0.25, -0.2) is 4.39 Å². The molecule has 1 aromatic carbocycles. The molecule has 1 aliphatic rings. The van der Waals surface area contributed by atoms with E-state index in [-0.39, 0.29) is 30.0 Å².